The summed E-state index contributed by atoms with van der Waals surface area (Å²) < 4.78 is 13.4. The molecular formula is C16H22N2O2. The zero-order valence-electron chi connectivity index (χ0n) is 12.4. The first-order chi connectivity index (χ1) is 9.72. The highest BCUT2D eigenvalue weighted by atomic mass is 16.5. The van der Waals surface area contributed by atoms with Gasteiger partial charge in [0.1, 0.15) is 11.8 Å². The molecule has 2 atom stereocenters. The van der Waals surface area contributed by atoms with Crippen LogP contribution < -0.4 is 0 Å². The maximum atomic E-state index is 5.60. The molecule has 0 aromatic carbocycles. The zero-order chi connectivity index (χ0) is 14.1. The molecule has 0 radical (unpaired) electrons. The minimum Gasteiger partial charge on any atom is -0.379 e. The number of aromatic nitrogens is 2. The third-order valence-electron chi connectivity index (χ3n) is 4.17. The van der Waals surface area contributed by atoms with E-state index in [-0.39, 0.29) is 6.10 Å². The molecule has 0 N–H and O–H groups in total. The van der Waals surface area contributed by atoms with Crippen LogP contribution in [0.4, 0.5) is 0 Å². The lowest BCUT2D eigenvalue weighted by atomic mass is 10.0. The summed E-state index contributed by atoms with van der Waals surface area (Å²) in [5.41, 5.74) is 2.42. The van der Waals surface area contributed by atoms with E-state index in [1.54, 1.807) is 7.11 Å². The Balaban J connectivity index is 2.10. The van der Waals surface area contributed by atoms with Gasteiger partial charge in [-0.1, -0.05) is 13.8 Å². The van der Waals surface area contributed by atoms with Gasteiger partial charge in [-0.25, -0.2) is 4.98 Å². The third kappa shape index (κ3) is 2.23. The largest absolute Gasteiger partial charge is 0.379 e. The Hall–Kier alpha value is -1.39. The van der Waals surface area contributed by atoms with Crippen LogP contribution >= 0.6 is 0 Å². The van der Waals surface area contributed by atoms with Gasteiger partial charge >= 0.3 is 0 Å². The van der Waals surface area contributed by atoms with E-state index >= 15 is 0 Å². The Kier molecular flexibility index (Phi) is 3.76. The fraction of sp³-hybridized carbons (Fsp3) is 0.562. The highest BCUT2D eigenvalue weighted by molar-refractivity contribution is 5.81. The van der Waals surface area contributed by atoms with Gasteiger partial charge in [0, 0.05) is 31.5 Å². The van der Waals surface area contributed by atoms with Crippen LogP contribution in [0.1, 0.15) is 37.8 Å². The van der Waals surface area contributed by atoms with Crippen molar-refractivity contribution in [1.82, 2.24) is 9.55 Å². The number of hydrogen-bond acceptors (Lipinski definition) is 3. The molecule has 1 aliphatic rings. The van der Waals surface area contributed by atoms with E-state index in [1.165, 1.54) is 10.9 Å². The second-order valence-electron chi connectivity index (χ2n) is 5.73. The summed E-state index contributed by atoms with van der Waals surface area (Å²) in [6.45, 7) is 5.90. The molecule has 1 saturated heterocycles. The van der Waals surface area contributed by atoms with Gasteiger partial charge in [0.25, 0.3) is 0 Å². The molecule has 0 unspecified atom stereocenters. The number of rotatable bonds is 3. The van der Waals surface area contributed by atoms with Gasteiger partial charge in [-0.2, -0.15) is 0 Å². The Labute approximate surface area is 119 Å². The number of nitrogens with zero attached hydrogens (tertiary/aromatic N) is 2. The van der Waals surface area contributed by atoms with Crippen molar-refractivity contribution >= 4 is 11.0 Å². The van der Waals surface area contributed by atoms with Crippen molar-refractivity contribution in [2.24, 2.45) is 0 Å². The lowest BCUT2D eigenvalue weighted by Gasteiger charge is -2.31. The van der Waals surface area contributed by atoms with Crippen molar-refractivity contribution in [3.8, 4) is 0 Å². The van der Waals surface area contributed by atoms with Crippen molar-refractivity contribution in [1.29, 1.82) is 0 Å². The van der Waals surface area contributed by atoms with Crippen molar-refractivity contribution < 1.29 is 9.47 Å². The normalized spacial score (nSPS) is 23.6. The van der Waals surface area contributed by atoms with Crippen LogP contribution in [0.3, 0.4) is 0 Å². The van der Waals surface area contributed by atoms with Gasteiger partial charge < -0.3 is 14.0 Å². The molecule has 3 rings (SSSR count). The van der Waals surface area contributed by atoms with Crippen LogP contribution in [-0.2, 0) is 9.47 Å². The second kappa shape index (κ2) is 5.54. The topological polar surface area (TPSA) is 36.3 Å². The molecule has 1 aliphatic heterocycles. The van der Waals surface area contributed by atoms with E-state index in [9.17, 15) is 0 Å². The molecule has 20 heavy (non-hydrogen) atoms. The standard InChI is InChI=1S/C16H22N2O2/c1-11(2)13-9-18(16-12(13)5-4-7-17-16)14-6-8-20-10-15(14)19-3/h4-5,7,9,11,14-15H,6,8,10H2,1-3H3/t14-,15-/m0/s1. The van der Waals surface area contributed by atoms with Gasteiger partial charge in [0.05, 0.1) is 12.6 Å². The Morgan fingerprint density at radius 3 is 3.05 bits per heavy atom. The van der Waals surface area contributed by atoms with Gasteiger partial charge in [-0.15, -0.1) is 0 Å². The first-order valence-electron chi connectivity index (χ1n) is 7.28. The molecule has 2 aromatic heterocycles. The van der Waals surface area contributed by atoms with Crippen molar-refractivity contribution in [2.75, 3.05) is 20.3 Å². The van der Waals surface area contributed by atoms with E-state index in [4.69, 9.17) is 9.47 Å². The molecule has 0 spiro atoms. The average molecular weight is 274 g/mol. The maximum absolute atomic E-state index is 5.60. The lowest BCUT2D eigenvalue weighted by Crippen LogP contribution is -2.35. The maximum Gasteiger partial charge on any atom is 0.140 e. The van der Waals surface area contributed by atoms with Gasteiger partial charge in [-0.3, -0.25) is 0 Å². The summed E-state index contributed by atoms with van der Waals surface area (Å²) in [6, 6.07) is 4.48. The molecule has 2 aromatic rings. The number of pyridine rings is 1. The average Bonchev–Trinajstić information content (AvgIpc) is 2.87. The van der Waals surface area contributed by atoms with Crippen molar-refractivity contribution in [3.05, 3.63) is 30.1 Å². The number of hydrogen-bond donors (Lipinski definition) is 0. The van der Waals surface area contributed by atoms with E-state index < -0.39 is 0 Å². The number of fused-ring (bicyclic) bond motifs is 1. The Bertz CT molecular complexity index is 591. The Morgan fingerprint density at radius 1 is 1.45 bits per heavy atom. The summed E-state index contributed by atoms with van der Waals surface area (Å²) in [4.78, 5) is 4.59. The highest BCUT2D eigenvalue weighted by Crippen LogP contribution is 2.32. The molecule has 4 heteroatoms. The smallest absolute Gasteiger partial charge is 0.140 e. The first-order valence-corrected chi connectivity index (χ1v) is 7.28. The minimum atomic E-state index is 0.0985. The van der Waals surface area contributed by atoms with Gasteiger partial charge in [0.2, 0.25) is 0 Å². The van der Waals surface area contributed by atoms with Gasteiger partial charge in [0.15, 0.2) is 0 Å². The predicted octanol–water partition coefficient (Wildman–Crippen LogP) is 3.14. The van der Waals surface area contributed by atoms with Crippen LogP contribution in [0.5, 0.6) is 0 Å². The van der Waals surface area contributed by atoms with E-state index in [2.05, 4.69) is 35.7 Å². The third-order valence-corrected chi connectivity index (χ3v) is 4.17. The summed E-state index contributed by atoms with van der Waals surface area (Å²) in [5.74, 6) is 0.490. The minimum absolute atomic E-state index is 0.0985. The quantitative estimate of drug-likeness (QED) is 0.862. The van der Waals surface area contributed by atoms with E-state index in [1.807, 2.05) is 12.3 Å². The molecule has 0 saturated carbocycles. The fourth-order valence-corrected chi connectivity index (χ4v) is 3.07. The lowest BCUT2D eigenvalue weighted by molar-refractivity contribution is -0.0592. The zero-order valence-corrected chi connectivity index (χ0v) is 12.4. The number of ether oxygens (including phenoxy) is 2. The van der Waals surface area contributed by atoms with Crippen LogP contribution in [0, 0.1) is 0 Å². The molecular weight excluding hydrogens is 252 g/mol. The summed E-state index contributed by atoms with van der Waals surface area (Å²) in [6.07, 6.45) is 5.19. The van der Waals surface area contributed by atoms with Crippen LogP contribution in [0.2, 0.25) is 0 Å². The molecule has 108 valence electrons. The van der Waals surface area contributed by atoms with Gasteiger partial charge in [-0.05, 0) is 30.0 Å². The molecule has 1 fully saturated rings. The molecule has 4 nitrogen and oxygen atoms in total. The van der Waals surface area contributed by atoms with Crippen LogP contribution in [-0.4, -0.2) is 36.0 Å². The monoisotopic (exact) mass is 274 g/mol. The summed E-state index contributed by atoms with van der Waals surface area (Å²) in [7, 11) is 1.76. The summed E-state index contributed by atoms with van der Waals surface area (Å²) >= 11 is 0. The molecule has 0 amide bonds. The van der Waals surface area contributed by atoms with Crippen LogP contribution in [0.15, 0.2) is 24.5 Å². The Morgan fingerprint density at radius 2 is 2.30 bits per heavy atom. The number of methoxy groups -OCH3 is 1. The highest BCUT2D eigenvalue weighted by Gasteiger charge is 2.29. The SMILES string of the molecule is CO[C@H]1COCC[C@@H]1n1cc(C(C)C)c2cccnc21. The first kappa shape index (κ1) is 13.6. The van der Waals surface area contributed by atoms with Crippen molar-refractivity contribution in [2.45, 2.75) is 38.3 Å². The fourth-order valence-electron chi connectivity index (χ4n) is 3.07. The van der Waals surface area contributed by atoms with Crippen LogP contribution in [0.25, 0.3) is 11.0 Å². The molecule has 0 aliphatic carbocycles. The second-order valence-corrected chi connectivity index (χ2v) is 5.73. The predicted molar refractivity (Wildman–Crippen MR) is 79.1 cm³/mol. The van der Waals surface area contributed by atoms with E-state index in [0.29, 0.717) is 18.6 Å². The summed E-state index contributed by atoms with van der Waals surface area (Å²) in [5, 5.41) is 1.25. The molecule has 3 heterocycles. The van der Waals surface area contributed by atoms with Crippen molar-refractivity contribution in [3.63, 3.8) is 0 Å². The van der Waals surface area contributed by atoms with E-state index in [0.717, 1.165) is 18.7 Å². The molecule has 0 bridgehead atoms.